The Morgan fingerprint density at radius 2 is 1.85 bits per heavy atom. The zero-order chi connectivity index (χ0) is 20.0. The minimum atomic E-state index is -4.39. The molecule has 0 aliphatic carbocycles. The lowest BCUT2D eigenvalue weighted by atomic mass is 9.96. The minimum absolute atomic E-state index is 0.0483. The number of ketones is 1. The summed E-state index contributed by atoms with van der Waals surface area (Å²) in [6.07, 6.45) is -2.51. The molecule has 0 spiro atoms. The number of pyridine rings is 1. The van der Waals surface area contributed by atoms with Gasteiger partial charge < -0.3 is 4.74 Å². The number of hydrogen-bond donors (Lipinski definition) is 0. The van der Waals surface area contributed by atoms with Gasteiger partial charge in [0.25, 0.3) is 0 Å². The predicted octanol–water partition coefficient (Wildman–Crippen LogP) is 5.36. The van der Waals surface area contributed by atoms with E-state index in [9.17, 15) is 18.0 Å². The molecule has 0 radical (unpaired) electrons. The van der Waals surface area contributed by atoms with E-state index in [1.807, 2.05) is 38.1 Å². The number of rotatable bonds is 8. The summed E-state index contributed by atoms with van der Waals surface area (Å²) in [5.41, 5.74) is 3.58. The fourth-order valence-corrected chi connectivity index (χ4v) is 2.59. The second kappa shape index (κ2) is 8.84. The first-order valence-corrected chi connectivity index (χ1v) is 8.56. The Morgan fingerprint density at radius 3 is 2.37 bits per heavy atom. The molecule has 0 saturated carbocycles. The molecule has 0 bridgehead atoms. The molecule has 0 N–H and O–H groups in total. The maximum Gasteiger partial charge on any atom is 0.422 e. The van der Waals surface area contributed by atoms with Crippen LogP contribution in [0.1, 0.15) is 43.0 Å². The molecule has 0 saturated heterocycles. The van der Waals surface area contributed by atoms with Gasteiger partial charge in [0.1, 0.15) is 11.5 Å². The number of allylic oxidation sites excluding steroid dienone is 1. The molecule has 0 amide bonds. The number of carbonyl (C=O) groups excluding carboxylic acids is 1. The Morgan fingerprint density at radius 1 is 1.19 bits per heavy atom. The normalized spacial score (nSPS) is 12.5. The third-order valence-electron chi connectivity index (χ3n) is 4.05. The van der Waals surface area contributed by atoms with E-state index in [4.69, 9.17) is 0 Å². The Hall–Kier alpha value is -2.63. The van der Waals surface area contributed by atoms with Crippen LogP contribution in [0.25, 0.3) is 5.57 Å². The van der Waals surface area contributed by atoms with Gasteiger partial charge in [-0.25, -0.2) is 0 Å². The van der Waals surface area contributed by atoms with Crippen molar-refractivity contribution >= 4 is 11.4 Å². The number of alkyl halides is 3. The SMILES string of the molecule is C=C(C)c1ccc(CC(=O)C[C@H](C)c2ccc(OCC(F)(F)F)cn2)cc1. The summed E-state index contributed by atoms with van der Waals surface area (Å²) < 4.78 is 41.1. The number of Topliss-reactive ketones (excluding diaryl/α,β-unsaturated/α-hetero) is 1. The minimum Gasteiger partial charge on any atom is -0.483 e. The smallest absolute Gasteiger partial charge is 0.422 e. The number of benzene rings is 1. The predicted molar refractivity (Wildman–Crippen MR) is 98.7 cm³/mol. The lowest BCUT2D eigenvalue weighted by Gasteiger charge is -2.12. The molecule has 6 heteroatoms. The van der Waals surface area contributed by atoms with E-state index >= 15 is 0 Å². The maximum absolute atomic E-state index is 12.3. The van der Waals surface area contributed by atoms with Crippen LogP contribution < -0.4 is 4.74 Å². The highest BCUT2D eigenvalue weighted by molar-refractivity contribution is 5.81. The molecule has 1 heterocycles. The molecule has 2 rings (SSSR count). The molecule has 0 unspecified atom stereocenters. The monoisotopic (exact) mass is 377 g/mol. The van der Waals surface area contributed by atoms with Gasteiger partial charge in [-0.15, -0.1) is 0 Å². The maximum atomic E-state index is 12.3. The van der Waals surface area contributed by atoms with Gasteiger partial charge in [0, 0.05) is 24.5 Å². The third kappa shape index (κ3) is 6.89. The van der Waals surface area contributed by atoms with E-state index in [2.05, 4.69) is 16.3 Å². The van der Waals surface area contributed by atoms with Crippen LogP contribution in [0.4, 0.5) is 13.2 Å². The average molecular weight is 377 g/mol. The second-order valence-electron chi connectivity index (χ2n) is 6.62. The molecule has 0 aliphatic heterocycles. The summed E-state index contributed by atoms with van der Waals surface area (Å²) in [4.78, 5) is 16.4. The first kappa shape index (κ1) is 20.7. The Bertz CT molecular complexity index is 781. The van der Waals surface area contributed by atoms with Crippen LogP contribution in [0, 0.1) is 0 Å². The van der Waals surface area contributed by atoms with Gasteiger partial charge in [-0.05, 0) is 30.2 Å². The number of halogens is 3. The molecule has 1 aromatic heterocycles. The van der Waals surface area contributed by atoms with Gasteiger partial charge in [-0.2, -0.15) is 13.2 Å². The highest BCUT2D eigenvalue weighted by atomic mass is 19.4. The van der Waals surface area contributed by atoms with Crippen molar-refractivity contribution in [2.75, 3.05) is 6.61 Å². The fraction of sp³-hybridized carbons (Fsp3) is 0.333. The van der Waals surface area contributed by atoms with Gasteiger partial charge in [-0.1, -0.05) is 43.3 Å². The van der Waals surface area contributed by atoms with E-state index < -0.39 is 12.8 Å². The first-order chi connectivity index (χ1) is 12.6. The molecule has 3 nitrogen and oxygen atoms in total. The summed E-state index contributed by atoms with van der Waals surface area (Å²) in [5.74, 6) is -0.0131. The van der Waals surface area contributed by atoms with Crippen molar-refractivity contribution in [3.05, 3.63) is 66.0 Å². The van der Waals surface area contributed by atoms with Gasteiger partial charge in [0.05, 0.1) is 6.20 Å². The summed E-state index contributed by atoms with van der Waals surface area (Å²) in [5, 5.41) is 0. The van der Waals surface area contributed by atoms with E-state index in [0.29, 0.717) is 18.5 Å². The quantitative estimate of drug-likeness (QED) is 0.622. The van der Waals surface area contributed by atoms with Crippen molar-refractivity contribution in [3.63, 3.8) is 0 Å². The van der Waals surface area contributed by atoms with Crippen molar-refractivity contribution in [2.24, 2.45) is 0 Å². The Kier molecular flexibility index (Phi) is 6.77. The number of aromatic nitrogens is 1. The second-order valence-corrected chi connectivity index (χ2v) is 6.62. The standard InChI is InChI=1S/C21H22F3NO2/c1-14(2)17-6-4-16(5-7-17)11-18(26)10-15(3)20-9-8-19(12-25-20)27-13-21(22,23)24/h4-9,12,15H,1,10-11,13H2,2-3H3/t15-/m0/s1. The van der Waals surface area contributed by atoms with Gasteiger partial charge in [-0.3, -0.25) is 9.78 Å². The summed E-state index contributed by atoms with van der Waals surface area (Å²) >= 11 is 0. The van der Waals surface area contributed by atoms with E-state index in [-0.39, 0.29) is 17.5 Å². The van der Waals surface area contributed by atoms with Gasteiger partial charge in [0.2, 0.25) is 0 Å². The number of hydrogen-bond acceptors (Lipinski definition) is 3. The zero-order valence-electron chi connectivity index (χ0n) is 15.3. The van der Waals surface area contributed by atoms with Crippen molar-refractivity contribution < 1.29 is 22.7 Å². The largest absolute Gasteiger partial charge is 0.483 e. The lowest BCUT2D eigenvalue weighted by molar-refractivity contribution is -0.153. The van der Waals surface area contributed by atoms with Crippen LogP contribution >= 0.6 is 0 Å². The molecular weight excluding hydrogens is 355 g/mol. The van der Waals surface area contributed by atoms with Crippen LogP contribution in [0.2, 0.25) is 0 Å². The van der Waals surface area contributed by atoms with Crippen molar-refractivity contribution in [3.8, 4) is 5.75 Å². The van der Waals surface area contributed by atoms with Gasteiger partial charge in [0.15, 0.2) is 6.61 Å². The summed E-state index contributed by atoms with van der Waals surface area (Å²) in [7, 11) is 0. The number of nitrogens with zero attached hydrogens (tertiary/aromatic N) is 1. The zero-order valence-corrected chi connectivity index (χ0v) is 15.3. The first-order valence-electron chi connectivity index (χ1n) is 8.56. The molecule has 0 fully saturated rings. The average Bonchev–Trinajstić information content (AvgIpc) is 2.60. The van der Waals surface area contributed by atoms with Crippen LogP contribution in [0.3, 0.4) is 0 Å². The molecule has 27 heavy (non-hydrogen) atoms. The van der Waals surface area contributed by atoms with E-state index in [1.54, 1.807) is 6.07 Å². The lowest BCUT2D eigenvalue weighted by Crippen LogP contribution is -2.19. The van der Waals surface area contributed by atoms with Crippen LogP contribution in [-0.2, 0) is 11.2 Å². The van der Waals surface area contributed by atoms with Crippen LogP contribution in [0.5, 0.6) is 5.75 Å². The van der Waals surface area contributed by atoms with Crippen molar-refractivity contribution in [1.82, 2.24) is 4.98 Å². The van der Waals surface area contributed by atoms with E-state index in [1.165, 1.54) is 12.3 Å². The summed E-state index contributed by atoms with van der Waals surface area (Å²) in [6, 6.07) is 10.7. The van der Waals surface area contributed by atoms with Crippen molar-refractivity contribution in [2.45, 2.75) is 38.8 Å². The highest BCUT2D eigenvalue weighted by Gasteiger charge is 2.28. The van der Waals surface area contributed by atoms with E-state index in [0.717, 1.165) is 16.7 Å². The highest BCUT2D eigenvalue weighted by Crippen LogP contribution is 2.22. The fourth-order valence-electron chi connectivity index (χ4n) is 2.59. The summed E-state index contributed by atoms with van der Waals surface area (Å²) in [6.45, 7) is 6.31. The number of carbonyl (C=O) groups is 1. The molecule has 1 aromatic carbocycles. The molecule has 0 aliphatic rings. The molecular formula is C21H22F3NO2. The molecule has 2 aromatic rings. The van der Waals surface area contributed by atoms with Crippen molar-refractivity contribution in [1.29, 1.82) is 0 Å². The Labute approximate surface area is 156 Å². The Balaban J connectivity index is 1.89. The van der Waals surface area contributed by atoms with Crippen LogP contribution in [0.15, 0.2) is 49.2 Å². The van der Waals surface area contributed by atoms with Crippen LogP contribution in [-0.4, -0.2) is 23.6 Å². The third-order valence-corrected chi connectivity index (χ3v) is 4.05. The topological polar surface area (TPSA) is 39.2 Å². The number of ether oxygens (including phenoxy) is 1. The van der Waals surface area contributed by atoms with Gasteiger partial charge >= 0.3 is 6.18 Å². The molecule has 144 valence electrons. The molecule has 1 atom stereocenters.